The van der Waals surface area contributed by atoms with Crippen LogP contribution in [-0.4, -0.2) is 35.6 Å². The van der Waals surface area contributed by atoms with Crippen LogP contribution >= 0.6 is 15.9 Å². The number of rotatable bonds is 5. The predicted octanol–water partition coefficient (Wildman–Crippen LogP) is 2.32. The van der Waals surface area contributed by atoms with Crippen LogP contribution in [0.4, 0.5) is 11.4 Å². The fourth-order valence-corrected chi connectivity index (χ4v) is 2.36. The van der Waals surface area contributed by atoms with Gasteiger partial charge in [0.15, 0.2) is 0 Å². The van der Waals surface area contributed by atoms with Crippen molar-refractivity contribution in [2.45, 2.75) is 31.8 Å². The molecule has 0 aromatic carbocycles. The lowest BCUT2D eigenvalue weighted by molar-refractivity contribution is 0.257. The first-order valence-electron chi connectivity index (χ1n) is 5.94. The Morgan fingerprint density at radius 1 is 1.59 bits per heavy atom. The molecule has 3 N–H and O–H groups in total. The third-order valence-electron chi connectivity index (χ3n) is 3.32. The fraction of sp³-hybridized carbons (Fsp3) is 0.583. The van der Waals surface area contributed by atoms with Crippen molar-refractivity contribution < 1.29 is 0 Å². The summed E-state index contributed by atoms with van der Waals surface area (Å²) < 4.78 is 0.916. The molecule has 1 heterocycles. The number of nitrogens with zero attached hydrogens (tertiary/aromatic N) is 2. The van der Waals surface area contributed by atoms with Gasteiger partial charge in [0.2, 0.25) is 0 Å². The van der Waals surface area contributed by atoms with Crippen LogP contribution < -0.4 is 11.1 Å². The Kier molecular flexibility index (Phi) is 3.89. The maximum absolute atomic E-state index is 5.89. The van der Waals surface area contributed by atoms with Crippen molar-refractivity contribution >= 4 is 27.3 Å². The Bertz CT molecular complexity index is 372. The predicted molar refractivity (Wildman–Crippen MR) is 75.1 cm³/mol. The monoisotopic (exact) mass is 298 g/mol. The minimum Gasteiger partial charge on any atom is -0.396 e. The molecule has 0 spiro atoms. The minimum atomic E-state index is 0.502. The summed E-state index contributed by atoms with van der Waals surface area (Å²) in [4.78, 5) is 6.45. The Morgan fingerprint density at radius 2 is 2.29 bits per heavy atom. The number of hydrogen-bond donors (Lipinski definition) is 2. The van der Waals surface area contributed by atoms with Gasteiger partial charge in [-0.2, -0.15) is 0 Å². The zero-order valence-corrected chi connectivity index (χ0v) is 11.9. The largest absolute Gasteiger partial charge is 0.396 e. The first-order valence-corrected chi connectivity index (χ1v) is 6.73. The SMILES string of the molecule is CC(CNc1c(N)cncc1Br)N(C)C1CC1. The average molecular weight is 299 g/mol. The highest BCUT2D eigenvalue weighted by Gasteiger charge is 2.28. The molecular formula is C12H19BrN4. The van der Waals surface area contributed by atoms with E-state index in [0.717, 1.165) is 22.7 Å². The lowest BCUT2D eigenvalue weighted by atomic mass is 10.2. The molecular weight excluding hydrogens is 280 g/mol. The normalized spacial score (nSPS) is 17.2. The summed E-state index contributed by atoms with van der Waals surface area (Å²) in [7, 11) is 2.19. The highest BCUT2D eigenvalue weighted by Crippen LogP contribution is 2.29. The summed E-state index contributed by atoms with van der Waals surface area (Å²) in [5.41, 5.74) is 7.51. The highest BCUT2D eigenvalue weighted by atomic mass is 79.9. The summed E-state index contributed by atoms with van der Waals surface area (Å²) in [6.07, 6.45) is 6.10. The van der Waals surface area contributed by atoms with Crippen molar-refractivity contribution in [2.24, 2.45) is 0 Å². The van der Waals surface area contributed by atoms with Crippen LogP contribution in [0.2, 0.25) is 0 Å². The molecule has 1 saturated carbocycles. The molecule has 0 aliphatic heterocycles. The number of pyridine rings is 1. The number of anilines is 2. The topological polar surface area (TPSA) is 54.2 Å². The lowest BCUT2D eigenvalue weighted by Crippen LogP contribution is -2.36. The van der Waals surface area contributed by atoms with Gasteiger partial charge in [-0.15, -0.1) is 0 Å². The summed E-state index contributed by atoms with van der Waals surface area (Å²) >= 11 is 3.46. The van der Waals surface area contributed by atoms with Gasteiger partial charge < -0.3 is 11.1 Å². The van der Waals surface area contributed by atoms with E-state index in [2.05, 4.69) is 45.1 Å². The van der Waals surface area contributed by atoms with E-state index in [1.54, 1.807) is 12.4 Å². The molecule has 2 rings (SSSR count). The maximum atomic E-state index is 5.89. The number of likely N-dealkylation sites (N-methyl/N-ethyl adjacent to an activating group) is 1. The van der Waals surface area contributed by atoms with Crippen molar-refractivity contribution in [3.63, 3.8) is 0 Å². The van der Waals surface area contributed by atoms with Gasteiger partial charge in [-0.3, -0.25) is 9.88 Å². The van der Waals surface area contributed by atoms with E-state index in [-0.39, 0.29) is 0 Å². The van der Waals surface area contributed by atoms with E-state index in [9.17, 15) is 0 Å². The van der Waals surface area contributed by atoms with E-state index in [1.165, 1.54) is 12.8 Å². The van der Waals surface area contributed by atoms with Crippen molar-refractivity contribution in [1.82, 2.24) is 9.88 Å². The van der Waals surface area contributed by atoms with Crippen molar-refractivity contribution in [3.05, 3.63) is 16.9 Å². The van der Waals surface area contributed by atoms with Crippen molar-refractivity contribution in [1.29, 1.82) is 0 Å². The van der Waals surface area contributed by atoms with Crippen LogP contribution in [0, 0.1) is 0 Å². The average Bonchev–Trinajstić information content (AvgIpc) is 3.11. The van der Waals surface area contributed by atoms with E-state index in [0.29, 0.717) is 11.7 Å². The Labute approximate surface area is 111 Å². The fourth-order valence-electron chi connectivity index (χ4n) is 1.87. The summed E-state index contributed by atoms with van der Waals surface area (Å²) in [5.74, 6) is 0. The standard InChI is InChI=1S/C12H19BrN4/c1-8(17(2)9-3-4-9)5-16-12-10(13)6-15-7-11(12)14/h6-9H,3-5,14H2,1-2H3,(H,15,16). The maximum Gasteiger partial charge on any atom is 0.0750 e. The first kappa shape index (κ1) is 12.6. The minimum absolute atomic E-state index is 0.502. The van der Waals surface area contributed by atoms with Crippen LogP contribution in [-0.2, 0) is 0 Å². The van der Waals surface area contributed by atoms with Crippen molar-refractivity contribution in [3.8, 4) is 0 Å². The van der Waals surface area contributed by atoms with Gasteiger partial charge in [0.25, 0.3) is 0 Å². The second-order valence-electron chi connectivity index (χ2n) is 4.71. The Morgan fingerprint density at radius 3 is 2.88 bits per heavy atom. The molecule has 0 radical (unpaired) electrons. The third-order valence-corrected chi connectivity index (χ3v) is 3.92. The molecule has 0 amide bonds. The molecule has 0 bridgehead atoms. The number of hydrogen-bond acceptors (Lipinski definition) is 4. The van der Waals surface area contributed by atoms with Gasteiger partial charge in [0.1, 0.15) is 0 Å². The zero-order valence-electron chi connectivity index (χ0n) is 10.3. The molecule has 1 aromatic heterocycles. The van der Waals surface area contributed by atoms with Crippen LogP contribution in [0.1, 0.15) is 19.8 Å². The number of nitrogen functional groups attached to an aromatic ring is 1. The first-order chi connectivity index (χ1) is 8.09. The third kappa shape index (κ3) is 3.10. The summed E-state index contributed by atoms with van der Waals surface area (Å²) in [6.45, 7) is 3.12. The highest BCUT2D eigenvalue weighted by molar-refractivity contribution is 9.10. The summed E-state index contributed by atoms with van der Waals surface area (Å²) in [6, 6.07) is 1.28. The van der Waals surface area contributed by atoms with Gasteiger partial charge in [0.05, 0.1) is 22.0 Å². The second kappa shape index (κ2) is 5.23. The molecule has 1 fully saturated rings. The lowest BCUT2D eigenvalue weighted by Gasteiger charge is -2.25. The number of aromatic nitrogens is 1. The van der Waals surface area contributed by atoms with Crippen LogP contribution in [0.15, 0.2) is 16.9 Å². The smallest absolute Gasteiger partial charge is 0.0750 e. The molecule has 1 aliphatic rings. The molecule has 1 aliphatic carbocycles. The van der Waals surface area contributed by atoms with Gasteiger partial charge in [-0.05, 0) is 42.7 Å². The molecule has 17 heavy (non-hydrogen) atoms. The quantitative estimate of drug-likeness (QED) is 0.876. The van der Waals surface area contributed by atoms with Gasteiger partial charge in [0, 0.05) is 24.8 Å². The molecule has 1 unspecified atom stereocenters. The molecule has 94 valence electrons. The van der Waals surface area contributed by atoms with E-state index >= 15 is 0 Å². The van der Waals surface area contributed by atoms with E-state index in [4.69, 9.17) is 5.73 Å². The van der Waals surface area contributed by atoms with E-state index in [1.807, 2.05) is 0 Å². The molecule has 4 nitrogen and oxygen atoms in total. The van der Waals surface area contributed by atoms with Crippen LogP contribution in [0.25, 0.3) is 0 Å². The molecule has 0 saturated heterocycles. The number of nitrogens with one attached hydrogen (secondary N) is 1. The van der Waals surface area contributed by atoms with E-state index < -0.39 is 0 Å². The number of nitrogens with two attached hydrogens (primary N) is 1. The van der Waals surface area contributed by atoms with Crippen LogP contribution in [0.5, 0.6) is 0 Å². The Hall–Kier alpha value is -0.810. The number of halogens is 1. The van der Waals surface area contributed by atoms with Gasteiger partial charge in [-0.25, -0.2) is 0 Å². The summed E-state index contributed by atoms with van der Waals surface area (Å²) in [5, 5.41) is 3.39. The zero-order chi connectivity index (χ0) is 12.4. The van der Waals surface area contributed by atoms with Gasteiger partial charge >= 0.3 is 0 Å². The molecule has 1 atom stereocenters. The Balaban J connectivity index is 1.92. The molecule has 5 heteroatoms. The molecule has 1 aromatic rings. The van der Waals surface area contributed by atoms with Crippen molar-refractivity contribution in [2.75, 3.05) is 24.6 Å². The second-order valence-corrected chi connectivity index (χ2v) is 5.57. The van der Waals surface area contributed by atoms with Crippen LogP contribution in [0.3, 0.4) is 0 Å². The van der Waals surface area contributed by atoms with Gasteiger partial charge in [-0.1, -0.05) is 0 Å².